The van der Waals surface area contributed by atoms with E-state index in [1.165, 1.54) is 19.3 Å². The highest BCUT2D eigenvalue weighted by atomic mass is 16.5. The lowest BCUT2D eigenvalue weighted by atomic mass is 9.82. The summed E-state index contributed by atoms with van der Waals surface area (Å²) in [5.74, 6) is 0.579. The van der Waals surface area contributed by atoms with Gasteiger partial charge in [-0.25, -0.2) is 0 Å². The fourth-order valence-electron chi connectivity index (χ4n) is 1.30. The number of hydrogen-bond donors (Lipinski definition) is 0. The fraction of sp³-hybridized carbons (Fsp3) is 0.889. The maximum Gasteiger partial charge on any atom is 0.305 e. The minimum Gasteiger partial charge on any atom is -0.462 e. The molecule has 1 aliphatic rings. The van der Waals surface area contributed by atoms with E-state index in [9.17, 15) is 4.79 Å². The normalized spacial score (nSPS) is 20.5. The number of carbonyl (C=O) groups excluding carboxylic acids is 1. The van der Waals surface area contributed by atoms with Crippen molar-refractivity contribution in [1.29, 1.82) is 0 Å². The molecular formula is C9H16O2. The first kappa shape index (κ1) is 8.57. The summed E-state index contributed by atoms with van der Waals surface area (Å²) in [5, 5.41) is 0. The first-order valence-corrected chi connectivity index (χ1v) is 4.43. The second-order valence-corrected chi connectivity index (χ2v) is 3.24. The number of carbonyl (C=O) groups is 1. The van der Waals surface area contributed by atoms with E-state index in [1.807, 2.05) is 13.8 Å². The highest BCUT2D eigenvalue weighted by Gasteiger charge is 2.25. The Morgan fingerprint density at radius 3 is 2.64 bits per heavy atom. The van der Waals surface area contributed by atoms with Gasteiger partial charge in [0.25, 0.3) is 0 Å². The van der Waals surface area contributed by atoms with Crippen LogP contribution in [0.5, 0.6) is 0 Å². The van der Waals surface area contributed by atoms with E-state index in [4.69, 9.17) is 4.74 Å². The molecule has 0 aromatic heterocycles. The lowest BCUT2D eigenvalue weighted by molar-refractivity contribution is -0.151. The molecule has 1 atom stereocenters. The molecule has 0 radical (unpaired) electrons. The van der Waals surface area contributed by atoms with Gasteiger partial charge in [0.05, 0.1) is 0 Å². The Morgan fingerprint density at radius 1 is 1.64 bits per heavy atom. The smallest absolute Gasteiger partial charge is 0.305 e. The summed E-state index contributed by atoms with van der Waals surface area (Å²) in [6.07, 6.45) is 4.42. The molecule has 0 aromatic rings. The van der Waals surface area contributed by atoms with Crippen LogP contribution in [0, 0.1) is 5.92 Å². The molecule has 2 nitrogen and oxygen atoms in total. The van der Waals surface area contributed by atoms with Gasteiger partial charge in [0, 0.05) is 6.42 Å². The monoisotopic (exact) mass is 156 g/mol. The SMILES string of the molecule is CCC(=O)OC(C)C1CCC1. The number of esters is 1. The van der Waals surface area contributed by atoms with Crippen LogP contribution in [-0.2, 0) is 9.53 Å². The van der Waals surface area contributed by atoms with Gasteiger partial charge >= 0.3 is 5.97 Å². The van der Waals surface area contributed by atoms with Crippen LogP contribution in [0.4, 0.5) is 0 Å². The first-order valence-electron chi connectivity index (χ1n) is 4.43. The van der Waals surface area contributed by atoms with Gasteiger partial charge in [-0.2, -0.15) is 0 Å². The van der Waals surface area contributed by atoms with Crippen molar-refractivity contribution in [2.24, 2.45) is 5.92 Å². The predicted molar refractivity (Wildman–Crippen MR) is 43.2 cm³/mol. The van der Waals surface area contributed by atoms with Crippen molar-refractivity contribution in [2.45, 2.75) is 45.6 Å². The molecule has 0 amide bonds. The van der Waals surface area contributed by atoms with Crippen molar-refractivity contribution in [2.75, 3.05) is 0 Å². The van der Waals surface area contributed by atoms with Crippen molar-refractivity contribution in [3.05, 3.63) is 0 Å². The van der Waals surface area contributed by atoms with Gasteiger partial charge in [0.2, 0.25) is 0 Å². The second kappa shape index (κ2) is 3.74. The van der Waals surface area contributed by atoms with E-state index >= 15 is 0 Å². The number of ether oxygens (including phenoxy) is 1. The Bertz CT molecular complexity index is 138. The lowest BCUT2D eigenvalue weighted by Gasteiger charge is -2.30. The van der Waals surface area contributed by atoms with Gasteiger partial charge in [0.1, 0.15) is 6.10 Å². The molecule has 0 spiro atoms. The molecule has 1 aliphatic carbocycles. The van der Waals surface area contributed by atoms with Crippen molar-refractivity contribution in [3.8, 4) is 0 Å². The summed E-state index contributed by atoms with van der Waals surface area (Å²) in [4.78, 5) is 10.8. The van der Waals surface area contributed by atoms with Crippen LogP contribution in [0.2, 0.25) is 0 Å². The molecule has 0 aliphatic heterocycles. The van der Waals surface area contributed by atoms with E-state index in [1.54, 1.807) is 0 Å². The molecule has 0 bridgehead atoms. The Morgan fingerprint density at radius 2 is 2.27 bits per heavy atom. The largest absolute Gasteiger partial charge is 0.462 e. The van der Waals surface area contributed by atoms with E-state index < -0.39 is 0 Å². The van der Waals surface area contributed by atoms with E-state index in [-0.39, 0.29) is 12.1 Å². The molecule has 11 heavy (non-hydrogen) atoms. The van der Waals surface area contributed by atoms with Crippen molar-refractivity contribution < 1.29 is 9.53 Å². The third kappa shape index (κ3) is 2.21. The fourth-order valence-corrected chi connectivity index (χ4v) is 1.30. The minimum absolute atomic E-state index is 0.0654. The van der Waals surface area contributed by atoms with Crippen LogP contribution < -0.4 is 0 Å². The van der Waals surface area contributed by atoms with Crippen molar-refractivity contribution in [1.82, 2.24) is 0 Å². The van der Waals surface area contributed by atoms with Crippen LogP contribution in [0.15, 0.2) is 0 Å². The highest BCUT2D eigenvalue weighted by molar-refractivity contribution is 5.69. The second-order valence-electron chi connectivity index (χ2n) is 3.24. The number of rotatable bonds is 3. The molecule has 0 saturated heterocycles. The van der Waals surface area contributed by atoms with Gasteiger partial charge in [-0.15, -0.1) is 0 Å². The van der Waals surface area contributed by atoms with Crippen LogP contribution in [0.3, 0.4) is 0 Å². The average Bonchev–Trinajstić information content (AvgIpc) is 1.83. The summed E-state index contributed by atoms with van der Waals surface area (Å²) in [5.41, 5.74) is 0. The predicted octanol–water partition coefficient (Wildman–Crippen LogP) is 2.13. The summed E-state index contributed by atoms with van der Waals surface area (Å²) < 4.78 is 5.16. The van der Waals surface area contributed by atoms with Crippen LogP contribution in [-0.4, -0.2) is 12.1 Å². The third-order valence-corrected chi connectivity index (χ3v) is 2.42. The molecule has 2 heteroatoms. The van der Waals surface area contributed by atoms with Gasteiger partial charge in [-0.05, 0) is 25.7 Å². The standard InChI is InChI=1S/C9H16O2/c1-3-9(10)11-7(2)8-5-4-6-8/h7-8H,3-6H2,1-2H3. The van der Waals surface area contributed by atoms with Gasteiger partial charge in [0.15, 0.2) is 0 Å². The molecule has 1 saturated carbocycles. The Hall–Kier alpha value is -0.530. The van der Waals surface area contributed by atoms with Crippen LogP contribution >= 0.6 is 0 Å². The van der Waals surface area contributed by atoms with Crippen molar-refractivity contribution >= 4 is 5.97 Å². The topological polar surface area (TPSA) is 26.3 Å². The summed E-state index contributed by atoms with van der Waals surface area (Å²) in [6, 6.07) is 0. The molecule has 1 unspecified atom stereocenters. The van der Waals surface area contributed by atoms with Gasteiger partial charge in [-0.3, -0.25) is 4.79 Å². The first-order chi connectivity index (χ1) is 5.24. The third-order valence-electron chi connectivity index (χ3n) is 2.42. The van der Waals surface area contributed by atoms with Gasteiger partial charge in [-0.1, -0.05) is 13.3 Å². The van der Waals surface area contributed by atoms with E-state index in [0.29, 0.717) is 12.3 Å². The van der Waals surface area contributed by atoms with E-state index in [0.717, 1.165) is 0 Å². The van der Waals surface area contributed by atoms with Crippen molar-refractivity contribution in [3.63, 3.8) is 0 Å². The zero-order valence-corrected chi connectivity index (χ0v) is 7.30. The molecule has 0 aromatic carbocycles. The quantitative estimate of drug-likeness (QED) is 0.585. The molecule has 64 valence electrons. The zero-order valence-electron chi connectivity index (χ0n) is 7.30. The molecule has 1 rings (SSSR count). The van der Waals surface area contributed by atoms with Crippen LogP contribution in [0.1, 0.15) is 39.5 Å². The van der Waals surface area contributed by atoms with E-state index in [2.05, 4.69) is 0 Å². The molecule has 1 fully saturated rings. The average molecular weight is 156 g/mol. The Kier molecular flexibility index (Phi) is 2.92. The Labute approximate surface area is 67.9 Å². The summed E-state index contributed by atoms with van der Waals surface area (Å²) in [7, 11) is 0. The highest BCUT2D eigenvalue weighted by Crippen LogP contribution is 2.30. The van der Waals surface area contributed by atoms with Gasteiger partial charge < -0.3 is 4.74 Å². The number of hydrogen-bond acceptors (Lipinski definition) is 2. The maximum absolute atomic E-state index is 10.8. The minimum atomic E-state index is -0.0654. The lowest BCUT2D eigenvalue weighted by Crippen LogP contribution is -2.28. The molecule has 0 N–H and O–H groups in total. The van der Waals surface area contributed by atoms with Crippen LogP contribution in [0.25, 0.3) is 0 Å². The molecule has 0 heterocycles. The summed E-state index contributed by atoms with van der Waals surface area (Å²) >= 11 is 0. The Balaban J connectivity index is 2.19. The maximum atomic E-state index is 10.8. The molecular weight excluding hydrogens is 140 g/mol. The zero-order chi connectivity index (χ0) is 8.27. The summed E-state index contributed by atoms with van der Waals surface area (Å²) in [6.45, 7) is 3.83.